The molecule has 0 saturated heterocycles. The number of aromatic hydroxyl groups is 1. The maximum atomic E-state index is 9.41. The molecule has 0 fully saturated rings. The highest BCUT2D eigenvalue weighted by molar-refractivity contribution is 5.37. The van der Waals surface area contributed by atoms with E-state index in [0.29, 0.717) is 13.2 Å². The van der Waals surface area contributed by atoms with Crippen molar-refractivity contribution in [2.24, 2.45) is 5.73 Å². The number of phenols is 1. The fourth-order valence-corrected chi connectivity index (χ4v) is 2.01. The van der Waals surface area contributed by atoms with Crippen molar-refractivity contribution in [2.75, 3.05) is 6.54 Å². The van der Waals surface area contributed by atoms with E-state index in [0.717, 1.165) is 23.3 Å². The second-order valence-corrected chi connectivity index (χ2v) is 4.61. The van der Waals surface area contributed by atoms with E-state index in [-0.39, 0.29) is 5.75 Å². The molecule has 2 aromatic rings. The molecule has 2 rings (SSSR count). The van der Waals surface area contributed by atoms with Crippen molar-refractivity contribution in [3.8, 4) is 11.5 Å². The molecule has 0 aliphatic heterocycles. The summed E-state index contributed by atoms with van der Waals surface area (Å²) < 4.78 is 5.82. The van der Waals surface area contributed by atoms with Crippen molar-refractivity contribution in [3.63, 3.8) is 0 Å². The summed E-state index contributed by atoms with van der Waals surface area (Å²) >= 11 is 0. The van der Waals surface area contributed by atoms with Crippen LogP contribution in [0.3, 0.4) is 0 Å². The second kappa shape index (κ2) is 6.25. The van der Waals surface area contributed by atoms with Gasteiger partial charge in [-0.1, -0.05) is 29.8 Å². The van der Waals surface area contributed by atoms with Gasteiger partial charge >= 0.3 is 0 Å². The number of aryl methyl sites for hydroxylation is 1. The van der Waals surface area contributed by atoms with Gasteiger partial charge in [-0.25, -0.2) is 0 Å². The zero-order valence-corrected chi connectivity index (χ0v) is 11.1. The average Bonchev–Trinajstić information content (AvgIpc) is 2.38. The van der Waals surface area contributed by atoms with Crippen molar-refractivity contribution in [1.29, 1.82) is 0 Å². The molecule has 0 amide bonds. The van der Waals surface area contributed by atoms with Crippen molar-refractivity contribution in [2.45, 2.75) is 20.0 Å². The number of hydrogen-bond acceptors (Lipinski definition) is 3. The first-order valence-corrected chi connectivity index (χ1v) is 6.39. The molecule has 3 N–H and O–H groups in total. The van der Waals surface area contributed by atoms with Gasteiger partial charge in [0.05, 0.1) is 0 Å². The van der Waals surface area contributed by atoms with Gasteiger partial charge in [0.25, 0.3) is 0 Å². The summed E-state index contributed by atoms with van der Waals surface area (Å²) in [7, 11) is 0. The molecule has 0 spiro atoms. The van der Waals surface area contributed by atoms with Gasteiger partial charge in [0, 0.05) is 0 Å². The molecule has 0 aliphatic rings. The van der Waals surface area contributed by atoms with Gasteiger partial charge in [0.1, 0.15) is 18.1 Å². The molecule has 2 aromatic carbocycles. The predicted octanol–water partition coefficient (Wildman–Crippen LogP) is 2.78. The molecular weight excluding hydrogens is 238 g/mol. The summed E-state index contributed by atoms with van der Waals surface area (Å²) in [5, 5.41) is 9.41. The van der Waals surface area contributed by atoms with E-state index in [4.69, 9.17) is 10.5 Å². The van der Waals surface area contributed by atoms with Crippen LogP contribution in [-0.4, -0.2) is 11.7 Å². The Hall–Kier alpha value is -2.00. The molecule has 0 aromatic heterocycles. The van der Waals surface area contributed by atoms with Crippen LogP contribution in [-0.2, 0) is 13.0 Å². The molecule has 0 atom stereocenters. The highest BCUT2D eigenvalue weighted by Gasteiger charge is 2.04. The summed E-state index contributed by atoms with van der Waals surface area (Å²) in [6.07, 6.45) is 0.803. The van der Waals surface area contributed by atoms with Gasteiger partial charge in [0.2, 0.25) is 0 Å². The maximum absolute atomic E-state index is 9.41. The van der Waals surface area contributed by atoms with Crippen LogP contribution in [0.4, 0.5) is 0 Å². The highest BCUT2D eigenvalue weighted by Crippen LogP contribution is 2.22. The number of rotatable bonds is 5. The molecule has 0 aliphatic carbocycles. The van der Waals surface area contributed by atoms with E-state index >= 15 is 0 Å². The van der Waals surface area contributed by atoms with Crippen LogP contribution >= 0.6 is 0 Å². The summed E-state index contributed by atoms with van der Waals surface area (Å²) in [5.74, 6) is 1.12. The first-order chi connectivity index (χ1) is 9.19. The second-order valence-electron chi connectivity index (χ2n) is 4.61. The van der Waals surface area contributed by atoms with Crippen LogP contribution in [0.5, 0.6) is 11.5 Å². The maximum Gasteiger partial charge on any atom is 0.123 e. The lowest BCUT2D eigenvalue weighted by Gasteiger charge is -2.12. The normalized spacial score (nSPS) is 10.4. The van der Waals surface area contributed by atoms with Crippen LogP contribution in [0, 0.1) is 6.92 Å². The zero-order valence-electron chi connectivity index (χ0n) is 11.1. The van der Waals surface area contributed by atoms with Crippen LogP contribution in [0.2, 0.25) is 0 Å². The lowest BCUT2D eigenvalue weighted by molar-refractivity contribution is 0.302. The predicted molar refractivity (Wildman–Crippen MR) is 76.4 cm³/mol. The minimum Gasteiger partial charge on any atom is -0.508 e. The number of phenolic OH excluding ortho intramolecular Hbond substituents is 1. The average molecular weight is 257 g/mol. The van der Waals surface area contributed by atoms with E-state index in [1.807, 2.05) is 24.3 Å². The van der Waals surface area contributed by atoms with Crippen molar-refractivity contribution in [3.05, 3.63) is 59.2 Å². The fraction of sp³-hybridized carbons (Fsp3) is 0.250. The van der Waals surface area contributed by atoms with Crippen molar-refractivity contribution in [1.82, 2.24) is 0 Å². The Kier molecular flexibility index (Phi) is 4.42. The Balaban J connectivity index is 2.10. The molecule has 0 bridgehead atoms. The quantitative estimate of drug-likeness (QED) is 0.866. The topological polar surface area (TPSA) is 55.5 Å². The lowest BCUT2D eigenvalue weighted by atomic mass is 10.1. The van der Waals surface area contributed by atoms with Gasteiger partial charge in [0.15, 0.2) is 0 Å². The van der Waals surface area contributed by atoms with Gasteiger partial charge in [-0.05, 0) is 49.2 Å². The molecule has 0 heterocycles. The first-order valence-electron chi connectivity index (χ1n) is 6.39. The molecule has 3 heteroatoms. The van der Waals surface area contributed by atoms with E-state index < -0.39 is 0 Å². The van der Waals surface area contributed by atoms with Gasteiger partial charge in [-0.2, -0.15) is 0 Å². The molecule has 0 unspecified atom stereocenters. The highest BCUT2D eigenvalue weighted by atomic mass is 16.5. The first kappa shape index (κ1) is 13.4. The van der Waals surface area contributed by atoms with E-state index in [2.05, 4.69) is 13.0 Å². The molecule has 3 nitrogen and oxygen atoms in total. The Morgan fingerprint density at radius 3 is 2.74 bits per heavy atom. The standard InChI is InChI=1S/C16H19NO2/c1-12-5-6-16(14(9-12)7-8-17)19-11-13-3-2-4-15(18)10-13/h2-6,9-10,18H,7-8,11,17H2,1H3. The number of nitrogens with two attached hydrogens (primary N) is 1. The smallest absolute Gasteiger partial charge is 0.123 e. The number of ether oxygens (including phenoxy) is 1. The minimum absolute atomic E-state index is 0.257. The molecule has 19 heavy (non-hydrogen) atoms. The Bertz CT molecular complexity index is 552. The molecule has 0 saturated carbocycles. The summed E-state index contributed by atoms with van der Waals surface area (Å²) in [4.78, 5) is 0. The van der Waals surface area contributed by atoms with Gasteiger partial charge < -0.3 is 15.6 Å². The third kappa shape index (κ3) is 3.73. The Labute approximate surface area is 113 Å². The third-order valence-electron chi connectivity index (χ3n) is 2.93. The molecule has 100 valence electrons. The van der Waals surface area contributed by atoms with E-state index in [9.17, 15) is 5.11 Å². The minimum atomic E-state index is 0.257. The summed E-state index contributed by atoms with van der Waals surface area (Å²) in [6.45, 7) is 3.10. The monoisotopic (exact) mass is 257 g/mol. The molecular formula is C16H19NO2. The van der Waals surface area contributed by atoms with Crippen LogP contribution in [0.15, 0.2) is 42.5 Å². The summed E-state index contributed by atoms with van der Waals surface area (Å²) in [6, 6.07) is 13.2. The SMILES string of the molecule is Cc1ccc(OCc2cccc(O)c2)c(CCN)c1. The summed E-state index contributed by atoms with van der Waals surface area (Å²) in [5.41, 5.74) is 8.89. The van der Waals surface area contributed by atoms with Gasteiger partial charge in [-0.15, -0.1) is 0 Å². The third-order valence-corrected chi connectivity index (χ3v) is 2.93. The largest absolute Gasteiger partial charge is 0.508 e. The van der Waals surface area contributed by atoms with E-state index in [1.165, 1.54) is 5.56 Å². The van der Waals surface area contributed by atoms with Gasteiger partial charge in [-0.3, -0.25) is 0 Å². The van der Waals surface area contributed by atoms with Crippen molar-refractivity contribution >= 4 is 0 Å². The number of benzene rings is 2. The molecule has 0 radical (unpaired) electrons. The van der Waals surface area contributed by atoms with Crippen LogP contribution in [0.25, 0.3) is 0 Å². The fourth-order valence-electron chi connectivity index (χ4n) is 2.01. The van der Waals surface area contributed by atoms with Crippen molar-refractivity contribution < 1.29 is 9.84 Å². The zero-order chi connectivity index (χ0) is 13.7. The Morgan fingerprint density at radius 2 is 2.00 bits per heavy atom. The lowest BCUT2D eigenvalue weighted by Crippen LogP contribution is -2.05. The Morgan fingerprint density at radius 1 is 1.16 bits per heavy atom. The van der Waals surface area contributed by atoms with Crippen LogP contribution in [0.1, 0.15) is 16.7 Å². The number of hydrogen-bond donors (Lipinski definition) is 2. The van der Waals surface area contributed by atoms with E-state index in [1.54, 1.807) is 12.1 Å². The van der Waals surface area contributed by atoms with Crippen LogP contribution < -0.4 is 10.5 Å².